The molecule has 12 heteroatoms. The van der Waals surface area contributed by atoms with E-state index in [1.807, 2.05) is 62.8 Å². The van der Waals surface area contributed by atoms with Crippen molar-refractivity contribution in [2.75, 3.05) is 19.8 Å². The third-order valence-electron chi connectivity index (χ3n) is 15.0. The number of fused-ring (bicyclic) bond motifs is 6. The predicted octanol–water partition coefficient (Wildman–Crippen LogP) is 9.13. The van der Waals surface area contributed by atoms with Gasteiger partial charge in [-0.1, -0.05) is 51.5 Å². The summed E-state index contributed by atoms with van der Waals surface area (Å²) in [5, 5.41) is 39.1. The molecular weight excluding hydrogens is 757 g/mol. The number of ether oxygens (including phenoxy) is 1. The summed E-state index contributed by atoms with van der Waals surface area (Å²) in [7, 11) is 0. The average Bonchev–Trinajstić information content (AvgIpc) is 3.93. The molecule has 5 aromatic rings. The van der Waals surface area contributed by atoms with E-state index in [1.54, 1.807) is 11.0 Å². The molecule has 0 spiro atoms. The molecule has 2 fully saturated rings. The van der Waals surface area contributed by atoms with Crippen LogP contribution in [0.25, 0.3) is 33.6 Å². The van der Waals surface area contributed by atoms with Gasteiger partial charge in [-0.05, 0) is 133 Å². The minimum Gasteiger partial charge on any atom is -0.508 e. The van der Waals surface area contributed by atoms with Crippen LogP contribution >= 0.6 is 0 Å². The number of hydrogen-bond donors (Lipinski definition) is 4. The van der Waals surface area contributed by atoms with Gasteiger partial charge in [0.25, 0.3) is 0 Å². The largest absolute Gasteiger partial charge is 0.508 e. The number of phenols is 2. The smallest absolute Gasteiger partial charge is 0.407 e. The predicted molar refractivity (Wildman–Crippen MR) is 231 cm³/mol. The zero-order valence-corrected chi connectivity index (χ0v) is 35.0. The number of carbonyl (C=O) groups is 1. The van der Waals surface area contributed by atoms with E-state index in [0.29, 0.717) is 60.9 Å². The molecule has 6 atom stereocenters. The van der Waals surface area contributed by atoms with Gasteiger partial charge in [0.1, 0.15) is 11.5 Å². The number of H-pyrrole nitrogens is 1. The second-order valence-electron chi connectivity index (χ2n) is 18.3. The van der Waals surface area contributed by atoms with Crippen molar-refractivity contribution in [1.82, 2.24) is 29.2 Å². The van der Waals surface area contributed by atoms with Gasteiger partial charge >= 0.3 is 11.8 Å². The number of pyridine rings is 1. The number of phenolic OH excluding ortho intramolecular Hbond substituents is 2. The van der Waals surface area contributed by atoms with Crippen LogP contribution in [0.1, 0.15) is 89.7 Å². The van der Waals surface area contributed by atoms with Crippen molar-refractivity contribution in [3.05, 3.63) is 106 Å². The highest BCUT2D eigenvalue weighted by Gasteiger charge is 2.57. The number of amides is 1. The molecule has 3 aromatic heterocycles. The van der Waals surface area contributed by atoms with E-state index >= 15 is 0 Å². The lowest BCUT2D eigenvalue weighted by Crippen LogP contribution is -2.52. The van der Waals surface area contributed by atoms with Gasteiger partial charge < -0.3 is 29.5 Å². The summed E-state index contributed by atoms with van der Waals surface area (Å²) in [5.41, 5.74) is 6.55. The van der Waals surface area contributed by atoms with Gasteiger partial charge in [-0.2, -0.15) is 5.10 Å². The highest BCUT2D eigenvalue weighted by Crippen LogP contribution is 2.66. The number of aromatic amines is 1. The fourth-order valence-corrected chi connectivity index (χ4v) is 11.8. The Hall–Kier alpha value is -5.62. The second-order valence-corrected chi connectivity index (χ2v) is 18.3. The first-order valence-corrected chi connectivity index (χ1v) is 21.6. The molecule has 0 unspecified atom stereocenters. The van der Waals surface area contributed by atoms with Gasteiger partial charge in [-0.25, -0.2) is 19.3 Å². The lowest BCUT2D eigenvalue weighted by Gasteiger charge is -2.58. The van der Waals surface area contributed by atoms with Crippen molar-refractivity contribution in [2.45, 2.75) is 91.1 Å². The van der Waals surface area contributed by atoms with Crippen molar-refractivity contribution < 1.29 is 24.9 Å². The first kappa shape index (κ1) is 39.8. The van der Waals surface area contributed by atoms with Crippen molar-refractivity contribution in [2.24, 2.45) is 28.6 Å². The zero-order chi connectivity index (χ0) is 41.9. The molecule has 0 aliphatic heterocycles. The summed E-state index contributed by atoms with van der Waals surface area (Å²) < 4.78 is 9.57. The summed E-state index contributed by atoms with van der Waals surface area (Å²) in [6.07, 6.45) is 17.2. The van der Waals surface area contributed by atoms with E-state index in [2.05, 4.69) is 51.8 Å². The molecular formula is C48H56N6O6. The molecule has 2 saturated carbocycles. The van der Waals surface area contributed by atoms with Crippen LogP contribution in [0.3, 0.4) is 0 Å². The van der Waals surface area contributed by atoms with Crippen LogP contribution in [0.4, 0.5) is 4.79 Å². The molecule has 0 saturated heterocycles. The van der Waals surface area contributed by atoms with Crippen molar-refractivity contribution >= 4 is 22.6 Å². The maximum atomic E-state index is 13.0. The van der Waals surface area contributed by atoms with Crippen molar-refractivity contribution in [1.29, 1.82) is 0 Å². The van der Waals surface area contributed by atoms with E-state index < -0.39 is 11.8 Å². The van der Waals surface area contributed by atoms with Crippen LogP contribution < -0.4 is 5.69 Å². The fraction of sp³-hybridized carbons (Fsp3) is 0.458. The lowest BCUT2D eigenvalue weighted by atomic mass is 9.47. The second kappa shape index (κ2) is 15.4. The van der Waals surface area contributed by atoms with Crippen LogP contribution in [0.15, 0.2) is 89.6 Å². The van der Waals surface area contributed by atoms with Gasteiger partial charge in [0, 0.05) is 54.7 Å². The highest BCUT2D eigenvalue weighted by molar-refractivity contribution is 5.83. The Bertz CT molecular complexity index is 2550. The average molecular weight is 813 g/mol. The van der Waals surface area contributed by atoms with Crippen LogP contribution in [0, 0.1) is 28.6 Å². The van der Waals surface area contributed by atoms with Gasteiger partial charge in [0.15, 0.2) is 5.82 Å². The Morgan fingerprint density at radius 1 is 1.00 bits per heavy atom. The Balaban J connectivity index is 0.816. The number of aromatic hydroxyl groups is 2. The lowest BCUT2D eigenvalue weighted by molar-refractivity contribution is -0.0193. The first-order valence-electron chi connectivity index (χ1n) is 21.6. The van der Waals surface area contributed by atoms with Crippen LogP contribution in [-0.2, 0) is 11.3 Å². The maximum Gasteiger partial charge on any atom is 0.407 e. The minimum atomic E-state index is -0.886. The summed E-state index contributed by atoms with van der Waals surface area (Å²) in [5.74, 6) is 1.93. The van der Waals surface area contributed by atoms with Gasteiger partial charge in [-0.15, -0.1) is 0 Å². The third-order valence-corrected chi connectivity index (χ3v) is 15.0. The number of carboxylic acid groups (broad SMARTS) is 1. The van der Waals surface area contributed by atoms with Crippen molar-refractivity contribution in [3.8, 4) is 28.6 Å². The first-order chi connectivity index (χ1) is 28.9. The molecule has 4 aliphatic carbocycles. The molecule has 4 aliphatic rings. The normalized spacial score (nSPS) is 26.0. The Morgan fingerprint density at radius 3 is 2.62 bits per heavy atom. The fourth-order valence-electron chi connectivity index (χ4n) is 11.8. The molecule has 12 nitrogen and oxygen atoms in total. The molecule has 0 bridgehead atoms. The minimum absolute atomic E-state index is 0.0105. The van der Waals surface area contributed by atoms with E-state index in [1.165, 1.54) is 40.2 Å². The summed E-state index contributed by atoms with van der Waals surface area (Å²) >= 11 is 0. The van der Waals surface area contributed by atoms with E-state index in [4.69, 9.17) is 4.74 Å². The summed E-state index contributed by atoms with van der Waals surface area (Å²) in [6.45, 7) is 10.5. The molecule has 4 N–H and O–H groups in total. The SMILES string of the molecule is CC(C)c1cc(-c2n[nH]c(=O)n2-c2ccc3c(ccn3CCOCCN(C(=O)O)[C@H]3CC[C@@]4(C)C(=CC[C@@H]5[C@@H]4CC[C@]4(C)C(c6cccnc6)=CC[C@@H]54)C3)c2)c(O)cc1O. The maximum absolute atomic E-state index is 13.0. The Labute approximate surface area is 350 Å². The molecule has 2 aromatic carbocycles. The number of benzene rings is 2. The van der Waals surface area contributed by atoms with Gasteiger partial charge in [-0.3, -0.25) is 4.98 Å². The Kier molecular flexibility index (Phi) is 10.3. The number of hydrogen-bond acceptors (Lipinski definition) is 7. The van der Waals surface area contributed by atoms with Crippen LogP contribution in [0.5, 0.6) is 11.5 Å². The molecule has 314 valence electrons. The Morgan fingerprint density at radius 2 is 1.83 bits per heavy atom. The number of nitrogens with zero attached hydrogens (tertiary/aromatic N) is 5. The summed E-state index contributed by atoms with van der Waals surface area (Å²) in [4.78, 5) is 31.7. The number of nitrogens with one attached hydrogen (secondary N) is 1. The molecule has 60 heavy (non-hydrogen) atoms. The van der Waals surface area contributed by atoms with Crippen molar-refractivity contribution in [3.63, 3.8) is 0 Å². The standard InChI is InChI=1S/C48H56N6O6/c1-29(2)36-26-37(43(56)27-42(36)55)44-50-51-45(57)54(44)34-8-12-41-30(24-34)15-19-52(41)20-22-60-23-21-53(46(58)59)33-13-16-47(3)32(25-33)7-9-35-39-11-10-38(31-6-5-18-49-28-31)48(39,4)17-14-40(35)47/h5-8,10,12,15,18-19,24,26-29,33,35,39-40,55-56H,9,11,13-14,16-17,20-23,25H2,1-4H3,(H,51,57)(H,58,59)/t33-,35-,39-,40-,47-,48+/m0/s1. The molecule has 1 amide bonds. The summed E-state index contributed by atoms with van der Waals surface area (Å²) in [6, 6.07) is 14.8. The number of rotatable bonds is 11. The number of allylic oxidation sites excluding steroid dienone is 3. The van der Waals surface area contributed by atoms with Gasteiger partial charge in [0.2, 0.25) is 0 Å². The van der Waals surface area contributed by atoms with Gasteiger partial charge in [0.05, 0.1) is 24.5 Å². The zero-order valence-electron chi connectivity index (χ0n) is 35.0. The van der Waals surface area contributed by atoms with Crippen LogP contribution in [-0.4, -0.2) is 76.4 Å². The molecule has 0 radical (unpaired) electrons. The molecule has 9 rings (SSSR count). The van der Waals surface area contributed by atoms with E-state index in [0.717, 1.165) is 43.0 Å². The topological polar surface area (TPSA) is 159 Å². The quantitative estimate of drug-likeness (QED) is 0.0760. The van der Waals surface area contributed by atoms with Crippen LogP contribution in [0.2, 0.25) is 0 Å². The third kappa shape index (κ3) is 6.73. The number of aromatic nitrogens is 5. The monoisotopic (exact) mass is 812 g/mol. The highest BCUT2D eigenvalue weighted by atomic mass is 16.5. The van der Waals surface area contributed by atoms with E-state index in [9.17, 15) is 24.9 Å². The molecule has 3 heterocycles. The van der Waals surface area contributed by atoms with E-state index in [-0.39, 0.29) is 40.1 Å².